The van der Waals surface area contributed by atoms with E-state index in [1.165, 1.54) is 0 Å². The van der Waals surface area contributed by atoms with E-state index in [0.29, 0.717) is 12.8 Å². The van der Waals surface area contributed by atoms with Crippen LogP contribution in [-0.4, -0.2) is 18.7 Å². The highest BCUT2D eigenvalue weighted by Crippen LogP contribution is 2.34. The molecule has 1 heterocycles. The van der Waals surface area contributed by atoms with Gasteiger partial charge in [0.05, 0.1) is 6.42 Å². The number of anilines is 1. The van der Waals surface area contributed by atoms with E-state index in [0.717, 1.165) is 28.8 Å². The molecule has 1 aromatic rings. The fourth-order valence-corrected chi connectivity index (χ4v) is 2.40. The number of hydrogen-bond donors (Lipinski definition) is 0. The van der Waals surface area contributed by atoms with Crippen molar-refractivity contribution < 1.29 is 9.59 Å². The molecule has 0 unspecified atom stereocenters. The van der Waals surface area contributed by atoms with Gasteiger partial charge in [-0.25, -0.2) is 0 Å². The predicted octanol–water partition coefficient (Wildman–Crippen LogP) is 1.33. The maximum Gasteiger partial charge on any atom is 0.231 e. The fraction of sp³-hybridized carbons (Fsp3) is 0.333. The van der Waals surface area contributed by atoms with E-state index in [2.05, 4.69) is 0 Å². The third-order valence-electron chi connectivity index (χ3n) is 3.30. The molecule has 1 aliphatic carbocycles. The normalized spacial score (nSPS) is 18.3. The minimum absolute atomic E-state index is 0.112. The topological polar surface area (TPSA) is 37.4 Å². The summed E-state index contributed by atoms with van der Waals surface area (Å²) in [7, 11) is 1.79. The largest absolute Gasteiger partial charge is 0.315 e. The Labute approximate surface area is 87.7 Å². The van der Waals surface area contributed by atoms with E-state index < -0.39 is 0 Å². The minimum atomic E-state index is 0.112. The zero-order valence-electron chi connectivity index (χ0n) is 8.54. The second-order valence-corrected chi connectivity index (χ2v) is 4.19. The van der Waals surface area contributed by atoms with Crippen molar-refractivity contribution in [2.24, 2.45) is 0 Å². The number of aryl methyl sites for hydroxylation is 1. The Balaban J connectivity index is 2.20. The summed E-state index contributed by atoms with van der Waals surface area (Å²) in [5.74, 6) is 0.330. The number of nitrogens with zero attached hydrogens (tertiary/aromatic N) is 1. The summed E-state index contributed by atoms with van der Waals surface area (Å²) in [6, 6.07) is 3.90. The molecule has 76 valence electrons. The molecule has 3 rings (SSSR count). The lowest BCUT2D eigenvalue weighted by Gasteiger charge is -2.11. The van der Waals surface area contributed by atoms with Crippen LogP contribution in [0.1, 0.15) is 27.9 Å². The molecular weight excluding hydrogens is 190 g/mol. The molecule has 3 nitrogen and oxygen atoms in total. The second-order valence-electron chi connectivity index (χ2n) is 4.19. The number of ketones is 1. The molecule has 0 atom stereocenters. The number of hydrogen-bond acceptors (Lipinski definition) is 2. The number of carbonyl (C=O) groups excluding carboxylic acids is 2. The van der Waals surface area contributed by atoms with Crippen LogP contribution >= 0.6 is 0 Å². The van der Waals surface area contributed by atoms with E-state index >= 15 is 0 Å². The van der Waals surface area contributed by atoms with E-state index in [9.17, 15) is 9.59 Å². The Morgan fingerprint density at radius 3 is 2.73 bits per heavy atom. The molecule has 0 spiro atoms. The molecule has 0 saturated heterocycles. The van der Waals surface area contributed by atoms with E-state index in [1.54, 1.807) is 11.9 Å². The van der Waals surface area contributed by atoms with Crippen molar-refractivity contribution in [3.8, 4) is 0 Å². The number of benzene rings is 1. The summed E-state index contributed by atoms with van der Waals surface area (Å²) in [5.41, 5.74) is 3.90. The van der Waals surface area contributed by atoms with Crippen LogP contribution in [0.5, 0.6) is 0 Å². The first kappa shape index (κ1) is 8.65. The van der Waals surface area contributed by atoms with Gasteiger partial charge in [0, 0.05) is 24.7 Å². The fourth-order valence-electron chi connectivity index (χ4n) is 2.40. The van der Waals surface area contributed by atoms with Gasteiger partial charge in [-0.3, -0.25) is 9.59 Å². The summed E-state index contributed by atoms with van der Waals surface area (Å²) < 4.78 is 0. The second kappa shape index (κ2) is 2.69. The summed E-state index contributed by atoms with van der Waals surface area (Å²) in [6.07, 6.45) is 1.88. The Morgan fingerprint density at radius 2 is 1.93 bits per heavy atom. The highest BCUT2D eigenvalue weighted by molar-refractivity contribution is 6.05. The van der Waals surface area contributed by atoms with Crippen LogP contribution in [0.3, 0.4) is 0 Å². The first-order valence-electron chi connectivity index (χ1n) is 5.12. The van der Waals surface area contributed by atoms with E-state index in [-0.39, 0.29) is 11.7 Å². The molecule has 1 aromatic carbocycles. The zero-order valence-corrected chi connectivity index (χ0v) is 8.54. The summed E-state index contributed by atoms with van der Waals surface area (Å²) in [4.78, 5) is 24.7. The molecule has 1 aliphatic heterocycles. The first-order chi connectivity index (χ1) is 7.16. The lowest BCUT2D eigenvalue weighted by molar-refractivity contribution is -0.117. The van der Waals surface area contributed by atoms with Crippen LogP contribution < -0.4 is 4.90 Å². The van der Waals surface area contributed by atoms with E-state index in [4.69, 9.17) is 0 Å². The van der Waals surface area contributed by atoms with Crippen LogP contribution in [0, 0.1) is 0 Å². The van der Waals surface area contributed by atoms with Gasteiger partial charge in [0.25, 0.3) is 0 Å². The third kappa shape index (κ3) is 1.06. The van der Waals surface area contributed by atoms with Gasteiger partial charge in [0.1, 0.15) is 0 Å². The standard InChI is InChI=1S/C12H11NO2/c1-13-10-5-7-2-3-11(14)9(7)4-8(10)6-12(13)15/h4-5H,2-3,6H2,1H3. The van der Waals surface area contributed by atoms with Crippen LogP contribution in [0.15, 0.2) is 12.1 Å². The Hall–Kier alpha value is -1.64. The van der Waals surface area contributed by atoms with Gasteiger partial charge in [-0.2, -0.15) is 0 Å². The van der Waals surface area contributed by atoms with E-state index in [1.807, 2.05) is 12.1 Å². The number of fused-ring (bicyclic) bond motifs is 2. The van der Waals surface area contributed by atoms with Gasteiger partial charge in [-0.15, -0.1) is 0 Å². The van der Waals surface area contributed by atoms with Crippen molar-refractivity contribution in [2.45, 2.75) is 19.3 Å². The van der Waals surface area contributed by atoms with Crippen LogP contribution in [0.4, 0.5) is 5.69 Å². The number of rotatable bonds is 0. The molecule has 0 aromatic heterocycles. The number of Topliss-reactive ketones (excluding diaryl/α,β-unsaturated/α-hetero) is 1. The van der Waals surface area contributed by atoms with Crippen molar-refractivity contribution in [1.82, 2.24) is 0 Å². The number of likely N-dealkylation sites (N-methyl/N-ethyl adjacent to an activating group) is 1. The highest BCUT2D eigenvalue weighted by atomic mass is 16.2. The predicted molar refractivity (Wildman–Crippen MR) is 56.2 cm³/mol. The van der Waals surface area contributed by atoms with Gasteiger partial charge in [-0.05, 0) is 29.7 Å². The smallest absolute Gasteiger partial charge is 0.231 e. The molecule has 0 bridgehead atoms. The molecule has 1 amide bonds. The van der Waals surface area contributed by atoms with Crippen molar-refractivity contribution in [1.29, 1.82) is 0 Å². The minimum Gasteiger partial charge on any atom is -0.315 e. The Kier molecular flexibility index (Phi) is 1.55. The molecule has 0 fully saturated rings. The highest BCUT2D eigenvalue weighted by Gasteiger charge is 2.28. The number of carbonyl (C=O) groups is 2. The summed E-state index contributed by atoms with van der Waals surface area (Å²) >= 11 is 0. The van der Waals surface area contributed by atoms with Gasteiger partial charge in [0.2, 0.25) is 5.91 Å². The quantitative estimate of drug-likeness (QED) is 0.635. The van der Waals surface area contributed by atoms with Gasteiger partial charge in [-0.1, -0.05) is 0 Å². The monoisotopic (exact) mass is 201 g/mol. The molecule has 0 N–H and O–H groups in total. The maximum atomic E-state index is 11.5. The maximum absolute atomic E-state index is 11.5. The summed E-state index contributed by atoms with van der Waals surface area (Å²) in [6.45, 7) is 0. The molecule has 0 saturated carbocycles. The van der Waals surface area contributed by atoms with Gasteiger partial charge in [0.15, 0.2) is 5.78 Å². The van der Waals surface area contributed by atoms with Crippen molar-refractivity contribution in [3.63, 3.8) is 0 Å². The van der Waals surface area contributed by atoms with Crippen molar-refractivity contribution in [3.05, 3.63) is 28.8 Å². The van der Waals surface area contributed by atoms with Crippen molar-refractivity contribution in [2.75, 3.05) is 11.9 Å². The average Bonchev–Trinajstić information content (AvgIpc) is 2.70. The molecule has 2 aliphatic rings. The number of amides is 1. The average molecular weight is 201 g/mol. The van der Waals surface area contributed by atoms with Gasteiger partial charge >= 0.3 is 0 Å². The molecule has 15 heavy (non-hydrogen) atoms. The van der Waals surface area contributed by atoms with Gasteiger partial charge < -0.3 is 4.90 Å². The SMILES string of the molecule is CN1C(=O)Cc2cc3c(cc21)CCC3=O. The zero-order chi connectivity index (χ0) is 10.6. The first-order valence-corrected chi connectivity index (χ1v) is 5.12. The third-order valence-corrected chi connectivity index (χ3v) is 3.30. The van der Waals surface area contributed by atoms with Crippen molar-refractivity contribution >= 4 is 17.4 Å². The Bertz CT molecular complexity index is 491. The summed E-state index contributed by atoms with van der Waals surface area (Å²) in [5, 5.41) is 0. The Morgan fingerprint density at radius 1 is 1.13 bits per heavy atom. The molecular formula is C12H11NO2. The molecule has 3 heteroatoms. The van der Waals surface area contributed by atoms with Crippen LogP contribution in [0.25, 0.3) is 0 Å². The lowest BCUT2D eigenvalue weighted by atomic mass is 10.0. The van der Waals surface area contributed by atoms with Crippen LogP contribution in [0.2, 0.25) is 0 Å². The lowest BCUT2D eigenvalue weighted by Crippen LogP contribution is -2.20. The van der Waals surface area contributed by atoms with Crippen LogP contribution in [-0.2, 0) is 17.6 Å². The molecule has 0 radical (unpaired) electrons.